The minimum Gasteiger partial charge on any atom is -0.349 e. The van der Waals surface area contributed by atoms with E-state index in [-0.39, 0.29) is 42.5 Å². The topological polar surface area (TPSA) is 72.2 Å². The molecule has 0 unspecified atom stereocenters. The molecule has 1 amide bonds. The van der Waals surface area contributed by atoms with Crippen LogP contribution >= 0.6 is 12.4 Å². The molecule has 0 heterocycles. The Bertz CT molecular complexity index is 624. The van der Waals surface area contributed by atoms with Gasteiger partial charge in [0.25, 0.3) is 0 Å². The molecule has 5 heteroatoms. The van der Waals surface area contributed by atoms with Crippen molar-refractivity contribution in [1.29, 1.82) is 0 Å². The Morgan fingerprint density at radius 2 is 1.68 bits per heavy atom. The number of amides is 1. The maximum absolute atomic E-state index is 12.4. The second-order valence-electron chi connectivity index (χ2n) is 7.35. The third kappa shape index (κ3) is 4.83. The Balaban J connectivity index is 0.00000225. The Morgan fingerprint density at radius 3 is 2.36 bits per heavy atom. The van der Waals surface area contributed by atoms with Crippen molar-refractivity contribution in [2.75, 3.05) is 6.54 Å². The van der Waals surface area contributed by atoms with Gasteiger partial charge in [0, 0.05) is 24.9 Å². The number of carbonyl (C=O) groups is 2. The molecule has 0 atom stereocenters. The van der Waals surface area contributed by atoms with E-state index in [0.717, 1.165) is 44.1 Å². The number of aryl methyl sites for hydroxylation is 2. The summed E-state index contributed by atoms with van der Waals surface area (Å²) < 4.78 is 0. The summed E-state index contributed by atoms with van der Waals surface area (Å²) >= 11 is 0. The van der Waals surface area contributed by atoms with Gasteiger partial charge in [0.05, 0.1) is 5.54 Å². The molecule has 4 nitrogen and oxygen atoms in total. The van der Waals surface area contributed by atoms with E-state index >= 15 is 0 Å². The molecule has 0 bridgehead atoms. The van der Waals surface area contributed by atoms with Crippen molar-refractivity contribution >= 4 is 24.1 Å². The van der Waals surface area contributed by atoms with E-state index in [4.69, 9.17) is 5.73 Å². The van der Waals surface area contributed by atoms with Crippen LogP contribution in [0.25, 0.3) is 0 Å². The Hall–Kier alpha value is -1.39. The SMILES string of the molecule is Cl.NCC1(NC(=O)CCC(=O)c2ccc3c(c2)CCCC3)CCCC1. The standard InChI is InChI=1S/C20H28N2O2.ClH/c21-14-20(11-3-4-12-20)22-19(24)10-9-18(23)17-8-7-15-5-1-2-6-16(15)13-17;/h7-8,13H,1-6,9-12,14,21H2,(H,22,24);1H. The lowest BCUT2D eigenvalue weighted by Gasteiger charge is -2.28. The molecule has 0 saturated heterocycles. The highest BCUT2D eigenvalue weighted by atomic mass is 35.5. The Kier molecular flexibility index (Phi) is 7.03. The average Bonchev–Trinajstić information content (AvgIpc) is 3.08. The van der Waals surface area contributed by atoms with Gasteiger partial charge in [0.1, 0.15) is 0 Å². The number of Topliss-reactive ketones (excluding diaryl/α,β-unsaturated/α-hetero) is 1. The van der Waals surface area contributed by atoms with Crippen molar-refractivity contribution in [3.05, 3.63) is 34.9 Å². The average molecular weight is 365 g/mol. The predicted molar refractivity (Wildman–Crippen MR) is 102 cm³/mol. The highest BCUT2D eigenvalue weighted by molar-refractivity contribution is 5.98. The molecule has 1 saturated carbocycles. The van der Waals surface area contributed by atoms with Crippen LogP contribution in [0.1, 0.15) is 72.9 Å². The minimum absolute atomic E-state index is 0. The lowest BCUT2D eigenvalue weighted by atomic mass is 9.89. The summed E-state index contributed by atoms with van der Waals surface area (Å²) in [5.74, 6) is 0.0143. The van der Waals surface area contributed by atoms with E-state index in [1.165, 1.54) is 24.0 Å². The molecule has 3 rings (SSSR count). The molecule has 0 aliphatic heterocycles. The zero-order valence-electron chi connectivity index (χ0n) is 14.8. The molecule has 1 aromatic rings. The van der Waals surface area contributed by atoms with Crippen LogP contribution in [-0.4, -0.2) is 23.8 Å². The first-order valence-corrected chi connectivity index (χ1v) is 9.28. The highest BCUT2D eigenvalue weighted by Gasteiger charge is 2.33. The summed E-state index contributed by atoms with van der Waals surface area (Å²) in [6.07, 6.45) is 9.28. The minimum atomic E-state index is -0.230. The van der Waals surface area contributed by atoms with E-state index in [1.807, 2.05) is 12.1 Å². The van der Waals surface area contributed by atoms with E-state index in [0.29, 0.717) is 6.54 Å². The maximum atomic E-state index is 12.4. The summed E-state index contributed by atoms with van der Waals surface area (Å²) in [7, 11) is 0. The fraction of sp³-hybridized carbons (Fsp3) is 0.600. The van der Waals surface area contributed by atoms with Crippen molar-refractivity contribution in [2.45, 2.75) is 69.7 Å². The Labute approximate surface area is 156 Å². The molecule has 0 aromatic heterocycles. The number of hydrogen-bond acceptors (Lipinski definition) is 3. The lowest BCUT2D eigenvalue weighted by Crippen LogP contribution is -2.51. The van der Waals surface area contributed by atoms with Crippen LogP contribution in [0.3, 0.4) is 0 Å². The maximum Gasteiger partial charge on any atom is 0.220 e. The normalized spacial score (nSPS) is 18.1. The fourth-order valence-corrected chi connectivity index (χ4v) is 4.07. The first-order chi connectivity index (χ1) is 11.6. The third-order valence-corrected chi connectivity index (χ3v) is 5.61. The van der Waals surface area contributed by atoms with Crippen LogP contribution < -0.4 is 11.1 Å². The van der Waals surface area contributed by atoms with Gasteiger partial charge in [-0.3, -0.25) is 9.59 Å². The molecule has 2 aliphatic rings. The van der Waals surface area contributed by atoms with E-state index in [2.05, 4.69) is 11.4 Å². The van der Waals surface area contributed by atoms with Gasteiger partial charge in [-0.05, 0) is 55.7 Å². The second kappa shape index (κ2) is 8.81. The van der Waals surface area contributed by atoms with Crippen molar-refractivity contribution in [3.8, 4) is 0 Å². The Morgan fingerprint density at radius 1 is 1.00 bits per heavy atom. The summed E-state index contributed by atoms with van der Waals surface area (Å²) in [5.41, 5.74) is 9.05. The number of nitrogens with one attached hydrogen (secondary N) is 1. The van der Waals surface area contributed by atoms with Gasteiger partial charge >= 0.3 is 0 Å². The van der Waals surface area contributed by atoms with Crippen LogP contribution in [0.15, 0.2) is 18.2 Å². The molecule has 1 aromatic carbocycles. The molecule has 1 fully saturated rings. The van der Waals surface area contributed by atoms with Gasteiger partial charge in [-0.1, -0.05) is 25.0 Å². The molecule has 138 valence electrons. The number of hydrogen-bond donors (Lipinski definition) is 2. The fourth-order valence-electron chi connectivity index (χ4n) is 4.07. The number of ketones is 1. The summed E-state index contributed by atoms with van der Waals surface area (Å²) in [6.45, 7) is 0.484. The molecule has 25 heavy (non-hydrogen) atoms. The van der Waals surface area contributed by atoms with Crippen LogP contribution in [0, 0.1) is 0 Å². The summed E-state index contributed by atoms with van der Waals surface area (Å²) in [4.78, 5) is 24.6. The first kappa shape index (κ1) is 19.9. The molecule has 0 radical (unpaired) electrons. The van der Waals surface area contributed by atoms with Crippen LogP contribution in [0.4, 0.5) is 0 Å². The van der Waals surface area contributed by atoms with Crippen LogP contribution in [0.5, 0.6) is 0 Å². The van der Waals surface area contributed by atoms with Gasteiger partial charge in [0.2, 0.25) is 5.91 Å². The highest BCUT2D eigenvalue weighted by Crippen LogP contribution is 2.28. The molecule has 3 N–H and O–H groups in total. The second-order valence-corrected chi connectivity index (χ2v) is 7.35. The van der Waals surface area contributed by atoms with Crippen molar-refractivity contribution < 1.29 is 9.59 Å². The quantitative estimate of drug-likeness (QED) is 0.760. The zero-order chi connectivity index (χ0) is 17.0. The number of rotatable bonds is 6. The van der Waals surface area contributed by atoms with Crippen molar-refractivity contribution in [2.24, 2.45) is 5.73 Å². The van der Waals surface area contributed by atoms with E-state index in [1.54, 1.807) is 0 Å². The molecule has 2 aliphatic carbocycles. The van der Waals surface area contributed by atoms with Gasteiger partial charge < -0.3 is 11.1 Å². The number of halogens is 1. The smallest absolute Gasteiger partial charge is 0.220 e. The molecule has 0 spiro atoms. The van der Waals surface area contributed by atoms with Gasteiger partial charge in [-0.25, -0.2) is 0 Å². The largest absolute Gasteiger partial charge is 0.349 e. The van der Waals surface area contributed by atoms with Crippen LogP contribution in [0.2, 0.25) is 0 Å². The summed E-state index contributed by atoms with van der Waals surface area (Å²) in [5, 5.41) is 3.08. The van der Waals surface area contributed by atoms with E-state index in [9.17, 15) is 9.59 Å². The summed E-state index contributed by atoms with van der Waals surface area (Å²) in [6, 6.07) is 6.04. The van der Waals surface area contributed by atoms with Gasteiger partial charge in [0.15, 0.2) is 5.78 Å². The third-order valence-electron chi connectivity index (χ3n) is 5.61. The van der Waals surface area contributed by atoms with E-state index < -0.39 is 0 Å². The number of fused-ring (bicyclic) bond motifs is 1. The lowest BCUT2D eigenvalue weighted by molar-refractivity contribution is -0.122. The van der Waals surface area contributed by atoms with Gasteiger partial charge in [-0.15, -0.1) is 12.4 Å². The molecular weight excluding hydrogens is 336 g/mol. The van der Waals surface area contributed by atoms with Crippen molar-refractivity contribution in [3.63, 3.8) is 0 Å². The van der Waals surface area contributed by atoms with Gasteiger partial charge in [-0.2, -0.15) is 0 Å². The monoisotopic (exact) mass is 364 g/mol. The first-order valence-electron chi connectivity index (χ1n) is 9.28. The zero-order valence-corrected chi connectivity index (χ0v) is 15.6. The number of nitrogens with two attached hydrogens (primary N) is 1. The number of benzene rings is 1. The van der Waals surface area contributed by atoms with Crippen molar-refractivity contribution in [1.82, 2.24) is 5.32 Å². The molecular formula is C20H29ClN2O2. The number of carbonyl (C=O) groups excluding carboxylic acids is 2. The predicted octanol–water partition coefficient (Wildman–Crippen LogP) is 3.34. The van der Waals surface area contributed by atoms with Crippen LogP contribution in [-0.2, 0) is 17.6 Å².